The van der Waals surface area contributed by atoms with Gasteiger partial charge in [0.15, 0.2) is 0 Å². The first-order valence-corrected chi connectivity index (χ1v) is 6.39. The number of nitrogens with zero attached hydrogens (tertiary/aromatic N) is 1. The molecule has 0 saturated heterocycles. The quantitative estimate of drug-likeness (QED) is 0.905. The molecule has 6 nitrogen and oxygen atoms in total. The van der Waals surface area contributed by atoms with Crippen molar-refractivity contribution in [2.45, 2.75) is 6.92 Å². The lowest BCUT2D eigenvalue weighted by Crippen LogP contribution is -2.26. The molecule has 0 bridgehead atoms. The zero-order valence-corrected chi connectivity index (χ0v) is 11.7. The van der Waals surface area contributed by atoms with Crippen LogP contribution in [0, 0.1) is 0 Å². The number of carboxylic acids is 2. The van der Waals surface area contributed by atoms with Crippen LogP contribution < -0.4 is 4.90 Å². The number of hydrogen-bond donors (Lipinski definition) is 2. The van der Waals surface area contributed by atoms with Crippen LogP contribution in [0.5, 0.6) is 0 Å². The number of amides is 1. The molecule has 22 heavy (non-hydrogen) atoms. The van der Waals surface area contributed by atoms with Gasteiger partial charge in [-0.1, -0.05) is 24.3 Å². The minimum atomic E-state index is -1.20. The Bertz CT molecular complexity index is 696. The lowest BCUT2D eigenvalue weighted by atomic mass is 10.1. The molecule has 0 heterocycles. The van der Waals surface area contributed by atoms with E-state index in [1.54, 1.807) is 12.1 Å². The topological polar surface area (TPSA) is 94.9 Å². The summed E-state index contributed by atoms with van der Waals surface area (Å²) in [4.78, 5) is 35.8. The number of hydrogen-bond acceptors (Lipinski definition) is 3. The van der Waals surface area contributed by atoms with E-state index in [2.05, 4.69) is 0 Å². The van der Waals surface area contributed by atoms with E-state index in [9.17, 15) is 24.6 Å². The summed E-state index contributed by atoms with van der Waals surface area (Å²) in [5.74, 6) is -2.88. The maximum atomic E-state index is 12.0. The van der Waals surface area contributed by atoms with Crippen LogP contribution in [0.15, 0.2) is 48.5 Å². The Morgan fingerprint density at radius 2 is 1.14 bits per heavy atom. The van der Waals surface area contributed by atoms with Crippen molar-refractivity contribution >= 4 is 29.2 Å². The van der Waals surface area contributed by atoms with Gasteiger partial charge >= 0.3 is 11.9 Å². The second-order valence-electron chi connectivity index (χ2n) is 4.50. The summed E-state index contributed by atoms with van der Waals surface area (Å²) in [6, 6.07) is 11.9. The molecule has 0 aromatic heterocycles. The van der Waals surface area contributed by atoms with E-state index in [0.717, 1.165) is 4.90 Å². The zero-order chi connectivity index (χ0) is 16.3. The van der Waals surface area contributed by atoms with Crippen molar-refractivity contribution in [3.05, 3.63) is 59.7 Å². The molecule has 0 unspecified atom stereocenters. The first kappa shape index (κ1) is 15.2. The van der Waals surface area contributed by atoms with E-state index in [0.29, 0.717) is 0 Å². The molecule has 112 valence electrons. The van der Waals surface area contributed by atoms with Crippen molar-refractivity contribution < 1.29 is 24.6 Å². The first-order chi connectivity index (χ1) is 10.4. The van der Waals surface area contributed by atoms with Gasteiger partial charge in [-0.2, -0.15) is 0 Å². The van der Waals surface area contributed by atoms with Gasteiger partial charge in [0.25, 0.3) is 0 Å². The number of para-hydroxylation sites is 2. The van der Waals surface area contributed by atoms with E-state index in [1.807, 2.05) is 0 Å². The van der Waals surface area contributed by atoms with E-state index in [4.69, 9.17) is 0 Å². The lowest BCUT2D eigenvalue weighted by molar-refractivity contribution is -0.115. The molecule has 1 amide bonds. The van der Waals surface area contributed by atoms with Gasteiger partial charge in [-0.15, -0.1) is 0 Å². The number of carbonyl (C=O) groups excluding carboxylic acids is 1. The highest BCUT2D eigenvalue weighted by atomic mass is 16.4. The van der Waals surface area contributed by atoms with Crippen molar-refractivity contribution in [3.8, 4) is 0 Å². The Kier molecular flexibility index (Phi) is 4.22. The molecule has 0 fully saturated rings. The van der Waals surface area contributed by atoms with Gasteiger partial charge in [0.2, 0.25) is 5.91 Å². The van der Waals surface area contributed by atoms with Crippen LogP contribution in [0.1, 0.15) is 27.6 Å². The van der Waals surface area contributed by atoms with Crippen molar-refractivity contribution in [2.24, 2.45) is 0 Å². The number of benzene rings is 2. The fourth-order valence-electron chi connectivity index (χ4n) is 2.17. The van der Waals surface area contributed by atoms with Crippen molar-refractivity contribution in [1.82, 2.24) is 0 Å². The average molecular weight is 299 g/mol. The van der Waals surface area contributed by atoms with Crippen LogP contribution >= 0.6 is 0 Å². The summed E-state index contributed by atoms with van der Waals surface area (Å²) in [6.45, 7) is 1.25. The molecule has 2 aromatic carbocycles. The molecular formula is C16H13NO5. The molecule has 0 atom stereocenters. The van der Waals surface area contributed by atoms with Gasteiger partial charge < -0.3 is 10.2 Å². The Labute approximate surface area is 126 Å². The van der Waals surface area contributed by atoms with Crippen molar-refractivity contribution in [2.75, 3.05) is 4.90 Å². The fourth-order valence-corrected chi connectivity index (χ4v) is 2.17. The smallest absolute Gasteiger partial charge is 0.337 e. The summed E-state index contributed by atoms with van der Waals surface area (Å²) in [6.07, 6.45) is 0. The molecule has 0 aliphatic carbocycles. The maximum Gasteiger partial charge on any atom is 0.337 e. The maximum absolute atomic E-state index is 12.0. The van der Waals surface area contributed by atoms with Crippen LogP contribution in [0.25, 0.3) is 0 Å². The third-order valence-electron chi connectivity index (χ3n) is 3.07. The Morgan fingerprint density at radius 1 is 0.773 bits per heavy atom. The highest BCUT2D eigenvalue weighted by molar-refractivity contribution is 6.09. The SMILES string of the molecule is CC(=O)N(c1ccccc1C(=O)O)c1ccccc1C(=O)O. The summed E-state index contributed by atoms with van der Waals surface area (Å²) >= 11 is 0. The van der Waals surface area contributed by atoms with E-state index in [1.165, 1.54) is 43.3 Å². The predicted molar refractivity (Wildman–Crippen MR) is 79.6 cm³/mol. The summed E-state index contributed by atoms with van der Waals surface area (Å²) < 4.78 is 0. The number of carbonyl (C=O) groups is 3. The number of rotatable bonds is 4. The zero-order valence-electron chi connectivity index (χ0n) is 11.7. The Morgan fingerprint density at radius 3 is 1.45 bits per heavy atom. The monoisotopic (exact) mass is 299 g/mol. The van der Waals surface area contributed by atoms with Crippen LogP contribution in [-0.4, -0.2) is 28.1 Å². The minimum absolute atomic E-state index is 0.0853. The number of carboxylic acid groups (broad SMARTS) is 2. The third kappa shape index (κ3) is 2.80. The second-order valence-corrected chi connectivity index (χ2v) is 4.50. The van der Waals surface area contributed by atoms with Gasteiger partial charge in [0.05, 0.1) is 22.5 Å². The molecule has 0 saturated carbocycles. The van der Waals surface area contributed by atoms with Crippen LogP contribution in [0.3, 0.4) is 0 Å². The molecule has 0 radical (unpaired) electrons. The van der Waals surface area contributed by atoms with Gasteiger partial charge in [-0.25, -0.2) is 9.59 Å². The molecule has 6 heteroatoms. The summed E-state index contributed by atoms with van der Waals surface area (Å²) in [5, 5.41) is 18.5. The largest absolute Gasteiger partial charge is 0.478 e. The highest BCUT2D eigenvalue weighted by Gasteiger charge is 2.24. The Hall–Kier alpha value is -3.15. The van der Waals surface area contributed by atoms with E-state index < -0.39 is 17.8 Å². The molecular weight excluding hydrogens is 286 g/mol. The van der Waals surface area contributed by atoms with E-state index >= 15 is 0 Å². The number of anilines is 2. The lowest BCUT2D eigenvalue weighted by Gasteiger charge is -2.24. The molecule has 2 rings (SSSR count). The van der Waals surface area contributed by atoms with Crippen molar-refractivity contribution in [3.63, 3.8) is 0 Å². The molecule has 2 N–H and O–H groups in total. The summed E-state index contributed by atoms with van der Waals surface area (Å²) in [7, 11) is 0. The third-order valence-corrected chi connectivity index (χ3v) is 3.07. The van der Waals surface area contributed by atoms with Gasteiger partial charge in [-0.3, -0.25) is 9.69 Å². The highest BCUT2D eigenvalue weighted by Crippen LogP contribution is 2.31. The fraction of sp³-hybridized carbons (Fsp3) is 0.0625. The average Bonchev–Trinajstić information content (AvgIpc) is 2.47. The normalized spacial score (nSPS) is 10.0. The Balaban J connectivity index is 2.71. The molecule has 0 aliphatic heterocycles. The van der Waals surface area contributed by atoms with Gasteiger partial charge in [-0.05, 0) is 24.3 Å². The first-order valence-electron chi connectivity index (χ1n) is 6.39. The van der Waals surface area contributed by atoms with Gasteiger partial charge in [0, 0.05) is 6.92 Å². The van der Waals surface area contributed by atoms with E-state index in [-0.39, 0.29) is 22.5 Å². The van der Waals surface area contributed by atoms with Crippen LogP contribution in [0.4, 0.5) is 11.4 Å². The molecule has 0 aliphatic rings. The minimum Gasteiger partial charge on any atom is -0.478 e. The van der Waals surface area contributed by atoms with Gasteiger partial charge in [0.1, 0.15) is 0 Å². The predicted octanol–water partition coefficient (Wildman–Crippen LogP) is 2.77. The molecule has 0 spiro atoms. The second kappa shape index (κ2) is 6.09. The standard InChI is InChI=1S/C16H13NO5/c1-10(18)17(13-8-4-2-6-11(13)15(19)20)14-9-5-3-7-12(14)16(21)22/h2-9H,1H3,(H,19,20)(H,21,22). The summed E-state index contributed by atoms with van der Waals surface area (Å²) in [5.41, 5.74) is 0.0724. The molecule has 2 aromatic rings. The van der Waals surface area contributed by atoms with Crippen molar-refractivity contribution in [1.29, 1.82) is 0 Å². The van der Waals surface area contributed by atoms with Crippen LogP contribution in [0.2, 0.25) is 0 Å². The number of aromatic carboxylic acids is 2. The van der Waals surface area contributed by atoms with Crippen LogP contribution in [-0.2, 0) is 4.79 Å².